The van der Waals surface area contributed by atoms with E-state index < -0.39 is 58.2 Å². The minimum absolute atomic E-state index is 0.0534. The van der Waals surface area contributed by atoms with E-state index in [1.807, 2.05) is 0 Å². The molecule has 0 bridgehead atoms. The van der Waals surface area contributed by atoms with Crippen molar-refractivity contribution < 1.29 is 46.2 Å². The number of anilines is 1. The Kier molecular flexibility index (Phi) is 8.14. The average Bonchev–Trinajstić information content (AvgIpc) is 3.42. The first-order valence-corrected chi connectivity index (χ1v) is 15.3. The molecule has 1 saturated heterocycles. The first-order chi connectivity index (χ1) is 22.7. The molecule has 1 unspecified atom stereocenters. The van der Waals surface area contributed by atoms with Gasteiger partial charge in [0, 0.05) is 52.9 Å². The molecule has 10 nitrogen and oxygen atoms in total. The third-order valence-electron chi connectivity index (χ3n) is 8.28. The number of halogens is 6. The predicted molar refractivity (Wildman–Crippen MR) is 167 cm³/mol. The van der Waals surface area contributed by atoms with Crippen LogP contribution in [0.3, 0.4) is 0 Å². The van der Waals surface area contributed by atoms with Gasteiger partial charge in [-0.2, -0.15) is 18.3 Å². The maximum atomic E-state index is 14.4. The zero-order valence-electron chi connectivity index (χ0n) is 26.4. The van der Waals surface area contributed by atoms with Gasteiger partial charge in [-0.3, -0.25) is 14.3 Å². The summed E-state index contributed by atoms with van der Waals surface area (Å²) in [6.07, 6.45) is -5.09. The van der Waals surface area contributed by atoms with Gasteiger partial charge in [-0.05, 0) is 75.6 Å². The summed E-state index contributed by atoms with van der Waals surface area (Å²) < 4.78 is 76.0. The summed E-state index contributed by atoms with van der Waals surface area (Å²) in [6.45, 7) is 5.97. The molecule has 1 fully saturated rings. The van der Waals surface area contributed by atoms with Crippen LogP contribution < -0.4 is 10.6 Å². The number of rotatable bonds is 5. The molecule has 2 aliphatic heterocycles. The van der Waals surface area contributed by atoms with Crippen LogP contribution in [-0.4, -0.2) is 56.4 Å². The van der Waals surface area contributed by atoms with Crippen molar-refractivity contribution >= 4 is 46.1 Å². The molecule has 4 aromatic rings. The summed E-state index contributed by atoms with van der Waals surface area (Å²) >= 11 is 6.34. The smallest absolute Gasteiger partial charge is 0.416 e. The highest BCUT2D eigenvalue weighted by Gasteiger charge is 2.49. The van der Waals surface area contributed by atoms with Crippen LogP contribution in [0, 0.1) is 17.6 Å². The summed E-state index contributed by atoms with van der Waals surface area (Å²) in [6, 6.07) is 5.72. The number of nitrogens with zero attached hydrogens (tertiary/aromatic N) is 3. The Morgan fingerprint density at radius 1 is 1.10 bits per heavy atom. The predicted octanol–water partition coefficient (Wildman–Crippen LogP) is 6.12. The van der Waals surface area contributed by atoms with Crippen LogP contribution in [0.25, 0.3) is 10.9 Å². The number of aryl methyl sites for hydroxylation is 1. The molecule has 49 heavy (non-hydrogen) atoms. The number of alkyl halides is 3. The lowest BCUT2D eigenvalue weighted by Gasteiger charge is -2.39. The van der Waals surface area contributed by atoms with Crippen molar-refractivity contribution in [3.05, 3.63) is 92.6 Å². The molecule has 3 N–H and O–H groups in total. The second-order valence-electron chi connectivity index (χ2n) is 13.1. The number of carbonyl (C=O) groups excluding carboxylic acids is 3. The van der Waals surface area contributed by atoms with Crippen molar-refractivity contribution in [2.24, 2.45) is 13.0 Å². The van der Waals surface area contributed by atoms with Crippen molar-refractivity contribution in [1.29, 1.82) is 0 Å². The van der Waals surface area contributed by atoms with E-state index in [0.29, 0.717) is 42.7 Å². The molecule has 6 rings (SSSR count). The van der Waals surface area contributed by atoms with Crippen molar-refractivity contribution in [3.8, 4) is 0 Å². The van der Waals surface area contributed by atoms with E-state index in [1.54, 1.807) is 27.8 Å². The highest BCUT2D eigenvalue weighted by molar-refractivity contribution is 6.31. The van der Waals surface area contributed by atoms with Gasteiger partial charge in [-0.15, -0.1) is 0 Å². The number of hydrogen-bond donors (Lipinski definition) is 3. The Labute approximate surface area is 280 Å². The van der Waals surface area contributed by atoms with Crippen molar-refractivity contribution in [1.82, 2.24) is 20.0 Å². The van der Waals surface area contributed by atoms with E-state index >= 15 is 0 Å². The van der Waals surface area contributed by atoms with E-state index in [2.05, 4.69) is 15.7 Å². The topological polar surface area (TPSA) is 126 Å². The lowest BCUT2D eigenvalue weighted by Crippen LogP contribution is -2.52. The molecule has 258 valence electrons. The Bertz CT molecular complexity index is 2050. The Balaban J connectivity index is 1.46. The molecular weight excluding hydrogens is 677 g/mol. The SMILES string of the molecule is Cn1nc2c3c(c(NC(=O)c4cc(F)cc(C(F)(F)F)c4)cc2c1CC1CN(C(=O)OC(C)(C)C)C1)C(O)(c1cc(F)ccc1Cl)NC3=O. The number of nitrogens with one attached hydrogen (secondary N) is 2. The van der Waals surface area contributed by atoms with Crippen LogP contribution >= 0.6 is 11.6 Å². The molecule has 3 heterocycles. The maximum absolute atomic E-state index is 14.4. The molecule has 0 saturated carbocycles. The lowest BCUT2D eigenvalue weighted by atomic mass is 9.89. The van der Waals surface area contributed by atoms with Crippen molar-refractivity contribution in [3.63, 3.8) is 0 Å². The van der Waals surface area contributed by atoms with Gasteiger partial charge in [0.1, 0.15) is 22.8 Å². The van der Waals surface area contributed by atoms with Crippen molar-refractivity contribution in [2.75, 3.05) is 18.4 Å². The summed E-state index contributed by atoms with van der Waals surface area (Å²) in [4.78, 5) is 41.1. The summed E-state index contributed by atoms with van der Waals surface area (Å²) in [5, 5.41) is 21.5. The Hall–Kier alpha value is -4.76. The lowest BCUT2D eigenvalue weighted by molar-refractivity contribution is -0.137. The molecule has 0 aliphatic carbocycles. The maximum Gasteiger partial charge on any atom is 0.416 e. The van der Waals surface area contributed by atoms with E-state index in [4.69, 9.17) is 16.3 Å². The number of carbonyl (C=O) groups is 3. The number of aromatic nitrogens is 2. The van der Waals surface area contributed by atoms with Gasteiger partial charge in [-0.1, -0.05) is 11.6 Å². The molecule has 0 spiro atoms. The fourth-order valence-electron chi connectivity index (χ4n) is 6.11. The number of ether oxygens (including phenoxy) is 1. The van der Waals surface area contributed by atoms with Crippen LogP contribution in [0.5, 0.6) is 0 Å². The summed E-state index contributed by atoms with van der Waals surface area (Å²) in [5.74, 6) is -4.26. The molecule has 3 amide bonds. The first kappa shape index (κ1) is 34.1. The molecular formula is C33H29ClF5N5O5. The van der Waals surface area contributed by atoms with Gasteiger partial charge >= 0.3 is 12.3 Å². The molecule has 0 radical (unpaired) electrons. The van der Waals surface area contributed by atoms with Crippen LogP contribution in [0.1, 0.15) is 63.9 Å². The van der Waals surface area contributed by atoms with Crippen LogP contribution in [0.15, 0.2) is 42.5 Å². The van der Waals surface area contributed by atoms with Gasteiger partial charge in [0.05, 0.1) is 16.8 Å². The standard InChI is InChI=1S/C33H29ClF5N5O5/c1-31(2,3)49-30(47)44-13-15(14-44)7-24-20-12-23(40-28(45)16-8-17(33(37,38)39)10-19(36)9-16)26-25(27(20)42-43(24)4)29(46)41-32(26,48)21-11-18(35)5-6-22(21)34/h5-6,8-12,15,48H,7,13-14H2,1-4H3,(H,40,45)(H,41,46). The number of hydrogen-bond acceptors (Lipinski definition) is 6. The van der Waals surface area contributed by atoms with Gasteiger partial charge in [-0.25, -0.2) is 13.6 Å². The molecule has 3 aromatic carbocycles. The quantitative estimate of drug-likeness (QED) is 0.215. The van der Waals surface area contributed by atoms with Crippen LogP contribution in [-0.2, 0) is 30.1 Å². The second kappa shape index (κ2) is 11.7. The van der Waals surface area contributed by atoms with E-state index in [0.717, 1.165) is 18.2 Å². The monoisotopic (exact) mass is 705 g/mol. The Morgan fingerprint density at radius 2 is 1.80 bits per heavy atom. The van der Waals surface area contributed by atoms with Crippen LogP contribution in [0.4, 0.5) is 32.4 Å². The van der Waals surface area contributed by atoms with Crippen LogP contribution in [0.2, 0.25) is 5.02 Å². The molecule has 1 aromatic heterocycles. The number of amides is 3. The van der Waals surface area contributed by atoms with Gasteiger partial charge < -0.3 is 25.4 Å². The third kappa shape index (κ3) is 6.28. The Morgan fingerprint density at radius 3 is 2.45 bits per heavy atom. The van der Waals surface area contributed by atoms with E-state index in [-0.39, 0.29) is 44.9 Å². The summed E-state index contributed by atoms with van der Waals surface area (Å²) in [5.41, 5.74) is -5.74. The minimum atomic E-state index is -4.97. The van der Waals surface area contributed by atoms with Gasteiger partial charge in [0.15, 0.2) is 5.72 Å². The number of fused-ring (bicyclic) bond motifs is 3. The van der Waals surface area contributed by atoms with E-state index in [1.165, 1.54) is 15.6 Å². The highest BCUT2D eigenvalue weighted by atomic mass is 35.5. The zero-order chi connectivity index (χ0) is 35.8. The fourth-order valence-corrected chi connectivity index (χ4v) is 6.37. The number of aliphatic hydroxyl groups is 1. The zero-order valence-corrected chi connectivity index (χ0v) is 27.2. The van der Waals surface area contributed by atoms with Crippen molar-refractivity contribution in [2.45, 2.75) is 44.7 Å². The molecule has 2 aliphatic rings. The largest absolute Gasteiger partial charge is 0.444 e. The fraction of sp³-hybridized carbons (Fsp3) is 0.333. The second-order valence-corrected chi connectivity index (χ2v) is 13.5. The molecule has 1 atom stereocenters. The van der Waals surface area contributed by atoms with E-state index in [9.17, 15) is 41.4 Å². The normalized spacial score (nSPS) is 17.9. The third-order valence-corrected chi connectivity index (χ3v) is 8.61. The molecule has 16 heteroatoms. The number of likely N-dealkylation sites (tertiary alicyclic amines) is 1. The van der Waals surface area contributed by atoms with Gasteiger partial charge in [0.25, 0.3) is 11.8 Å². The number of benzene rings is 3. The summed E-state index contributed by atoms with van der Waals surface area (Å²) in [7, 11) is 1.61. The highest BCUT2D eigenvalue weighted by Crippen LogP contribution is 2.46. The first-order valence-electron chi connectivity index (χ1n) is 15.0. The average molecular weight is 706 g/mol. The van der Waals surface area contributed by atoms with Gasteiger partial charge in [0.2, 0.25) is 0 Å². The minimum Gasteiger partial charge on any atom is -0.444 e.